The van der Waals surface area contributed by atoms with E-state index in [0.29, 0.717) is 13.0 Å². The molecular weight excluding hydrogens is 467 g/mol. The van der Waals surface area contributed by atoms with Gasteiger partial charge in [0.1, 0.15) is 5.82 Å². The van der Waals surface area contributed by atoms with Gasteiger partial charge in [-0.05, 0) is 66.5 Å². The second-order valence-electron chi connectivity index (χ2n) is 8.94. The molecule has 1 aliphatic rings. The minimum atomic E-state index is -1.87. The number of aliphatic hydroxyl groups excluding tert-OH is 2. The van der Waals surface area contributed by atoms with Gasteiger partial charge in [0.25, 0.3) is 11.8 Å². The Morgan fingerprint density at radius 1 is 1.11 bits per heavy atom. The molecule has 2 heterocycles. The molecular formula is C27H29FN2O4S. The Morgan fingerprint density at radius 3 is 2.69 bits per heavy atom. The summed E-state index contributed by atoms with van der Waals surface area (Å²) in [6.45, 7) is 2.60. The molecule has 3 atom stereocenters. The zero-order valence-electron chi connectivity index (χ0n) is 19.5. The van der Waals surface area contributed by atoms with Crippen molar-refractivity contribution in [3.63, 3.8) is 0 Å². The fourth-order valence-corrected chi connectivity index (χ4v) is 5.30. The third kappa shape index (κ3) is 6.14. The Balaban J connectivity index is 1.32. The van der Waals surface area contributed by atoms with E-state index in [-0.39, 0.29) is 18.4 Å². The maximum Gasteiger partial charge on any atom is 0.255 e. The average molecular weight is 497 g/mol. The predicted octanol–water partition coefficient (Wildman–Crippen LogP) is 3.49. The number of likely N-dealkylation sites (tertiary alicyclic amines) is 1. The Labute approximate surface area is 208 Å². The van der Waals surface area contributed by atoms with Crippen LogP contribution in [-0.2, 0) is 22.6 Å². The lowest BCUT2D eigenvalue weighted by molar-refractivity contribution is -0.153. The van der Waals surface area contributed by atoms with E-state index in [4.69, 9.17) is 0 Å². The summed E-state index contributed by atoms with van der Waals surface area (Å²) in [5.74, 6) is -1.74. The molecule has 0 spiro atoms. The van der Waals surface area contributed by atoms with Crippen molar-refractivity contribution in [2.24, 2.45) is 0 Å². The van der Waals surface area contributed by atoms with E-state index in [9.17, 15) is 24.2 Å². The summed E-state index contributed by atoms with van der Waals surface area (Å²) in [4.78, 5) is 27.8. The highest BCUT2D eigenvalue weighted by atomic mass is 32.1. The molecule has 1 aromatic heterocycles. The summed E-state index contributed by atoms with van der Waals surface area (Å²) < 4.78 is 13.4. The maximum atomic E-state index is 13.4. The van der Waals surface area contributed by atoms with E-state index in [0.717, 1.165) is 40.0 Å². The standard InChI is InChI=1S/C27H29FN2O4S/c1-17-5-2-7-20(11-17)23-9-4-10-30(23)27(34)25(32)24(31)26(33)29-15-22-14-19(16-35-22)12-18-6-3-8-21(28)13-18/h2-3,5-8,11,13-14,16,23-25,31-32H,4,9-10,12,15H2,1H3,(H,29,33)/t23?,24-,25-/m1/s1. The number of halogens is 1. The number of thiophene rings is 1. The largest absolute Gasteiger partial charge is 0.380 e. The molecule has 1 saturated heterocycles. The summed E-state index contributed by atoms with van der Waals surface area (Å²) >= 11 is 1.43. The van der Waals surface area contributed by atoms with Gasteiger partial charge in [-0.25, -0.2) is 4.39 Å². The van der Waals surface area contributed by atoms with E-state index < -0.39 is 24.0 Å². The highest BCUT2D eigenvalue weighted by Crippen LogP contribution is 2.33. The summed E-state index contributed by atoms with van der Waals surface area (Å²) in [6.07, 6.45) is -1.59. The number of aryl methyl sites for hydroxylation is 1. The van der Waals surface area contributed by atoms with Gasteiger partial charge >= 0.3 is 0 Å². The molecule has 0 bridgehead atoms. The number of nitrogens with zero attached hydrogens (tertiary/aromatic N) is 1. The smallest absolute Gasteiger partial charge is 0.255 e. The van der Waals surface area contributed by atoms with Crippen molar-refractivity contribution in [1.29, 1.82) is 0 Å². The van der Waals surface area contributed by atoms with Gasteiger partial charge in [0.15, 0.2) is 12.2 Å². The third-order valence-electron chi connectivity index (χ3n) is 6.23. The summed E-state index contributed by atoms with van der Waals surface area (Å²) in [5.41, 5.74) is 3.89. The lowest BCUT2D eigenvalue weighted by Crippen LogP contribution is -2.50. The van der Waals surface area contributed by atoms with Crippen molar-refractivity contribution in [1.82, 2.24) is 10.2 Å². The zero-order valence-corrected chi connectivity index (χ0v) is 20.3. The first-order valence-corrected chi connectivity index (χ1v) is 12.5. The van der Waals surface area contributed by atoms with Gasteiger partial charge in [-0.1, -0.05) is 42.0 Å². The van der Waals surface area contributed by atoms with Crippen LogP contribution in [-0.4, -0.2) is 45.7 Å². The fourth-order valence-electron chi connectivity index (χ4n) is 4.48. The number of benzene rings is 2. The molecule has 0 saturated carbocycles. The number of nitrogens with one attached hydrogen (secondary N) is 1. The van der Waals surface area contributed by atoms with Crippen molar-refractivity contribution in [2.45, 2.75) is 51.0 Å². The Morgan fingerprint density at radius 2 is 1.91 bits per heavy atom. The molecule has 1 unspecified atom stereocenters. The molecule has 1 aliphatic heterocycles. The van der Waals surface area contributed by atoms with Crippen LogP contribution >= 0.6 is 11.3 Å². The van der Waals surface area contributed by atoms with Gasteiger partial charge in [0, 0.05) is 11.4 Å². The minimum Gasteiger partial charge on any atom is -0.380 e. The van der Waals surface area contributed by atoms with Crippen molar-refractivity contribution in [2.75, 3.05) is 6.54 Å². The Hall–Kier alpha value is -3.07. The average Bonchev–Trinajstić information content (AvgIpc) is 3.51. The Bertz CT molecular complexity index is 1200. The number of carbonyl (C=O) groups excluding carboxylic acids is 2. The third-order valence-corrected chi connectivity index (χ3v) is 7.21. The maximum absolute atomic E-state index is 13.4. The summed E-state index contributed by atoms with van der Waals surface area (Å²) in [5, 5.41) is 25.4. The van der Waals surface area contributed by atoms with Crippen LogP contribution in [0.4, 0.5) is 4.39 Å². The molecule has 1 fully saturated rings. The predicted molar refractivity (Wildman–Crippen MR) is 132 cm³/mol. The number of hydrogen-bond acceptors (Lipinski definition) is 5. The molecule has 184 valence electrons. The summed E-state index contributed by atoms with van der Waals surface area (Å²) in [6, 6.07) is 16.0. The molecule has 35 heavy (non-hydrogen) atoms. The van der Waals surface area contributed by atoms with Crippen LogP contribution in [0.2, 0.25) is 0 Å². The van der Waals surface area contributed by atoms with E-state index in [1.807, 2.05) is 48.7 Å². The first-order chi connectivity index (χ1) is 16.8. The molecule has 2 amide bonds. The molecule has 6 nitrogen and oxygen atoms in total. The van der Waals surface area contributed by atoms with Gasteiger partial charge in [-0.15, -0.1) is 11.3 Å². The van der Waals surface area contributed by atoms with Crippen LogP contribution in [0, 0.1) is 12.7 Å². The van der Waals surface area contributed by atoms with Crippen LogP contribution in [0.1, 0.15) is 46.0 Å². The second-order valence-corrected chi connectivity index (χ2v) is 9.94. The molecule has 8 heteroatoms. The van der Waals surface area contributed by atoms with E-state index in [1.54, 1.807) is 11.0 Å². The molecule has 4 rings (SSSR count). The quantitative estimate of drug-likeness (QED) is 0.445. The fraction of sp³-hybridized carbons (Fsp3) is 0.333. The van der Waals surface area contributed by atoms with Gasteiger partial charge in [0.05, 0.1) is 12.6 Å². The van der Waals surface area contributed by atoms with E-state index in [2.05, 4.69) is 5.32 Å². The van der Waals surface area contributed by atoms with Crippen molar-refractivity contribution < 1.29 is 24.2 Å². The number of carbonyl (C=O) groups is 2. The normalized spacial score (nSPS) is 17.3. The summed E-state index contributed by atoms with van der Waals surface area (Å²) in [7, 11) is 0. The first-order valence-electron chi connectivity index (χ1n) is 11.6. The zero-order chi connectivity index (χ0) is 24.9. The number of amides is 2. The van der Waals surface area contributed by atoms with Gasteiger partial charge in [-0.3, -0.25) is 9.59 Å². The monoisotopic (exact) mass is 496 g/mol. The lowest BCUT2D eigenvalue weighted by Gasteiger charge is -2.28. The SMILES string of the molecule is Cc1cccc(C2CCCN2C(=O)[C@H](O)[C@@H](O)C(=O)NCc2cc(Cc3cccc(F)c3)cs2)c1. The Kier molecular flexibility index (Phi) is 7.95. The lowest BCUT2D eigenvalue weighted by atomic mass is 10.0. The van der Waals surface area contributed by atoms with Crippen LogP contribution in [0.3, 0.4) is 0 Å². The van der Waals surface area contributed by atoms with Gasteiger partial charge in [0.2, 0.25) is 0 Å². The highest BCUT2D eigenvalue weighted by Gasteiger charge is 2.38. The van der Waals surface area contributed by atoms with Gasteiger partial charge in [-0.2, -0.15) is 0 Å². The van der Waals surface area contributed by atoms with Crippen LogP contribution in [0.5, 0.6) is 0 Å². The number of rotatable bonds is 8. The number of aliphatic hydroxyl groups is 2. The molecule has 0 radical (unpaired) electrons. The van der Waals surface area contributed by atoms with Crippen LogP contribution in [0.15, 0.2) is 60.0 Å². The van der Waals surface area contributed by atoms with Gasteiger partial charge < -0.3 is 20.4 Å². The second kappa shape index (κ2) is 11.1. The molecule has 3 aromatic rings. The van der Waals surface area contributed by atoms with Crippen molar-refractivity contribution in [3.8, 4) is 0 Å². The van der Waals surface area contributed by atoms with E-state index >= 15 is 0 Å². The highest BCUT2D eigenvalue weighted by molar-refractivity contribution is 7.10. The van der Waals surface area contributed by atoms with Crippen molar-refractivity contribution in [3.05, 3.63) is 92.9 Å². The molecule has 2 aromatic carbocycles. The topological polar surface area (TPSA) is 89.9 Å². The molecule has 0 aliphatic carbocycles. The molecule has 3 N–H and O–H groups in total. The first kappa shape index (κ1) is 25.0. The van der Waals surface area contributed by atoms with Crippen LogP contribution in [0.25, 0.3) is 0 Å². The van der Waals surface area contributed by atoms with Crippen LogP contribution < -0.4 is 5.32 Å². The van der Waals surface area contributed by atoms with Crippen molar-refractivity contribution >= 4 is 23.2 Å². The van der Waals surface area contributed by atoms with E-state index in [1.165, 1.54) is 23.5 Å². The number of hydrogen-bond donors (Lipinski definition) is 3. The minimum absolute atomic E-state index is 0.153.